The van der Waals surface area contributed by atoms with Crippen LogP contribution in [0.2, 0.25) is 0 Å². The van der Waals surface area contributed by atoms with E-state index < -0.39 is 0 Å². The average Bonchev–Trinajstić information content (AvgIpc) is 3.19. The van der Waals surface area contributed by atoms with Gasteiger partial charge in [0.25, 0.3) is 0 Å². The quantitative estimate of drug-likeness (QED) is 0.840. The molecule has 4 fully saturated rings. The molecule has 2 saturated carbocycles. The van der Waals surface area contributed by atoms with Gasteiger partial charge < -0.3 is 15.4 Å². The zero-order valence-corrected chi connectivity index (χ0v) is 14.5. The largest absolute Gasteiger partial charge is 0.381 e. The zero-order chi connectivity index (χ0) is 16.7. The van der Waals surface area contributed by atoms with Crippen molar-refractivity contribution in [2.24, 2.45) is 28.9 Å². The predicted octanol–water partition coefficient (Wildman–Crippen LogP) is 2.09. The van der Waals surface area contributed by atoms with Gasteiger partial charge in [0.2, 0.25) is 11.8 Å². The van der Waals surface area contributed by atoms with Crippen molar-refractivity contribution in [2.45, 2.75) is 63.8 Å². The first kappa shape index (κ1) is 16.4. The molecule has 0 aromatic rings. The van der Waals surface area contributed by atoms with E-state index >= 15 is 0 Å². The molecule has 134 valence electrons. The number of carbonyl (C=O) groups is 2. The summed E-state index contributed by atoms with van der Waals surface area (Å²) in [4.78, 5) is 27.1. The maximum absolute atomic E-state index is 13.3. The maximum Gasteiger partial charge on any atom is 0.225 e. The molecule has 2 N–H and O–H groups in total. The second kappa shape index (κ2) is 6.32. The average molecular weight is 334 g/mol. The molecule has 2 unspecified atom stereocenters. The third-order valence-electron chi connectivity index (χ3n) is 7.35. The van der Waals surface area contributed by atoms with Crippen LogP contribution in [0.25, 0.3) is 0 Å². The summed E-state index contributed by atoms with van der Waals surface area (Å²) >= 11 is 0. The molecule has 0 bridgehead atoms. The van der Waals surface area contributed by atoms with Crippen LogP contribution in [-0.4, -0.2) is 42.5 Å². The number of nitrogens with two attached hydrogens (primary N) is 1. The molecule has 4 aliphatic rings. The smallest absolute Gasteiger partial charge is 0.225 e. The fraction of sp³-hybridized carbons (Fsp3) is 0.895. The molecule has 0 aromatic carbocycles. The normalized spacial score (nSPS) is 38.2. The first-order valence-corrected chi connectivity index (χ1v) is 9.78. The van der Waals surface area contributed by atoms with Crippen LogP contribution >= 0.6 is 0 Å². The van der Waals surface area contributed by atoms with E-state index in [9.17, 15) is 9.59 Å². The number of hydrogen-bond donors (Lipinski definition) is 1. The predicted molar refractivity (Wildman–Crippen MR) is 90.0 cm³/mol. The standard InChI is InChI=1S/C19H30N2O3/c20-17(22)13-3-1-4-14(11-13)18(23)21-12-19(7-9-24-10-8-19)15-5-2-6-16(15)21/h13-16H,1-12H2,(H2,20,22)/t13?,14?,15-,16+/m1/s1. The summed E-state index contributed by atoms with van der Waals surface area (Å²) < 4.78 is 5.60. The topological polar surface area (TPSA) is 72.6 Å². The Bertz CT molecular complexity index is 515. The number of hydrogen-bond acceptors (Lipinski definition) is 3. The summed E-state index contributed by atoms with van der Waals surface area (Å²) in [6, 6.07) is 0.435. The van der Waals surface area contributed by atoms with E-state index in [4.69, 9.17) is 10.5 Å². The maximum atomic E-state index is 13.3. The molecule has 5 nitrogen and oxygen atoms in total. The van der Waals surface area contributed by atoms with Crippen LogP contribution in [0, 0.1) is 23.2 Å². The SMILES string of the molecule is NC(=O)C1CCCC(C(=O)N2CC3(CCOCC3)[C@@H]3CCC[C@@H]32)C1. The number of amides is 2. The summed E-state index contributed by atoms with van der Waals surface area (Å²) in [7, 11) is 0. The summed E-state index contributed by atoms with van der Waals surface area (Å²) in [6.45, 7) is 2.61. The van der Waals surface area contributed by atoms with Gasteiger partial charge in [0.1, 0.15) is 0 Å². The number of fused-ring (bicyclic) bond motifs is 2. The van der Waals surface area contributed by atoms with Crippen LogP contribution in [0.3, 0.4) is 0 Å². The molecule has 4 atom stereocenters. The van der Waals surface area contributed by atoms with Crippen LogP contribution in [-0.2, 0) is 14.3 Å². The van der Waals surface area contributed by atoms with Crippen molar-refractivity contribution >= 4 is 11.8 Å². The minimum absolute atomic E-state index is 0.00694. The van der Waals surface area contributed by atoms with Gasteiger partial charge in [-0.2, -0.15) is 0 Å². The Kier molecular flexibility index (Phi) is 4.31. The van der Waals surface area contributed by atoms with Gasteiger partial charge in [-0.1, -0.05) is 12.8 Å². The zero-order valence-electron chi connectivity index (χ0n) is 14.5. The van der Waals surface area contributed by atoms with Crippen LogP contribution in [0.15, 0.2) is 0 Å². The summed E-state index contributed by atoms with van der Waals surface area (Å²) in [5, 5.41) is 0. The highest BCUT2D eigenvalue weighted by Crippen LogP contribution is 2.54. The lowest BCUT2D eigenvalue weighted by atomic mass is 9.71. The third kappa shape index (κ3) is 2.65. The first-order chi connectivity index (χ1) is 11.6. The lowest BCUT2D eigenvalue weighted by molar-refractivity contribution is -0.139. The second-order valence-electron chi connectivity index (χ2n) is 8.51. The van der Waals surface area contributed by atoms with Gasteiger partial charge in [0.15, 0.2) is 0 Å². The molecule has 0 aromatic heterocycles. The van der Waals surface area contributed by atoms with E-state index in [0.29, 0.717) is 29.7 Å². The minimum atomic E-state index is -0.228. The fourth-order valence-electron chi connectivity index (χ4n) is 6.06. The van der Waals surface area contributed by atoms with Gasteiger partial charge >= 0.3 is 0 Å². The number of carbonyl (C=O) groups excluding carboxylic acids is 2. The van der Waals surface area contributed by atoms with E-state index in [2.05, 4.69) is 4.90 Å². The molecule has 24 heavy (non-hydrogen) atoms. The number of ether oxygens (including phenoxy) is 1. The lowest BCUT2D eigenvalue weighted by Crippen LogP contribution is -2.43. The molecule has 5 heteroatoms. The molecular formula is C19H30N2O3. The molecule has 2 heterocycles. The van der Waals surface area contributed by atoms with E-state index in [1.807, 2.05) is 0 Å². The van der Waals surface area contributed by atoms with E-state index in [0.717, 1.165) is 58.3 Å². The molecule has 4 rings (SSSR count). The monoisotopic (exact) mass is 334 g/mol. The minimum Gasteiger partial charge on any atom is -0.381 e. The highest BCUT2D eigenvalue weighted by Gasteiger charge is 2.56. The van der Waals surface area contributed by atoms with Crippen LogP contribution in [0.1, 0.15) is 57.8 Å². The Labute approximate surface area is 144 Å². The molecule has 2 amide bonds. The van der Waals surface area contributed by atoms with Crippen molar-refractivity contribution < 1.29 is 14.3 Å². The Morgan fingerprint density at radius 2 is 1.71 bits per heavy atom. The molecular weight excluding hydrogens is 304 g/mol. The Morgan fingerprint density at radius 3 is 2.46 bits per heavy atom. The van der Waals surface area contributed by atoms with Crippen molar-refractivity contribution in [1.82, 2.24) is 4.90 Å². The lowest BCUT2D eigenvalue weighted by Gasteiger charge is -2.37. The third-order valence-corrected chi connectivity index (χ3v) is 7.35. The molecule has 2 saturated heterocycles. The number of primary amides is 1. The Balaban J connectivity index is 1.51. The number of rotatable bonds is 2. The van der Waals surface area contributed by atoms with Crippen molar-refractivity contribution in [3.8, 4) is 0 Å². The molecule has 2 aliphatic heterocycles. The highest BCUT2D eigenvalue weighted by atomic mass is 16.5. The van der Waals surface area contributed by atoms with Crippen molar-refractivity contribution in [3.63, 3.8) is 0 Å². The van der Waals surface area contributed by atoms with Gasteiger partial charge in [0, 0.05) is 37.6 Å². The van der Waals surface area contributed by atoms with Crippen molar-refractivity contribution in [2.75, 3.05) is 19.8 Å². The van der Waals surface area contributed by atoms with E-state index in [-0.39, 0.29) is 17.7 Å². The van der Waals surface area contributed by atoms with E-state index in [1.54, 1.807) is 0 Å². The molecule has 2 aliphatic carbocycles. The van der Waals surface area contributed by atoms with E-state index in [1.165, 1.54) is 12.8 Å². The Morgan fingerprint density at radius 1 is 1.00 bits per heavy atom. The van der Waals surface area contributed by atoms with Gasteiger partial charge in [0.05, 0.1) is 0 Å². The number of nitrogens with zero attached hydrogens (tertiary/aromatic N) is 1. The fourth-order valence-corrected chi connectivity index (χ4v) is 6.06. The summed E-state index contributed by atoms with van der Waals surface area (Å²) in [6.07, 6.45) is 9.27. The van der Waals surface area contributed by atoms with Gasteiger partial charge in [-0.15, -0.1) is 0 Å². The first-order valence-electron chi connectivity index (χ1n) is 9.78. The highest BCUT2D eigenvalue weighted by molar-refractivity contribution is 5.82. The van der Waals surface area contributed by atoms with Crippen LogP contribution in [0.4, 0.5) is 0 Å². The Hall–Kier alpha value is -1.10. The van der Waals surface area contributed by atoms with Crippen LogP contribution in [0.5, 0.6) is 0 Å². The molecule has 1 spiro atoms. The summed E-state index contributed by atoms with van der Waals surface area (Å²) in [5.74, 6) is 0.648. The second-order valence-corrected chi connectivity index (χ2v) is 8.51. The van der Waals surface area contributed by atoms with Crippen molar-refractivity contribution in [3.05, 3.63) is 0 Å². The van der Waals surface area contributed by atoms with Gasteiger partial charge in [-0.05, 0) is 56.3 Å². The van der Waals surface area contributed by atoms with Crippen LogP contribution < -0.4 is 5.73 Å². The summed E-state index contributed by atoms with van der Waals surface area (Å²) in [5.41, 5.74) is 5.80. The van der Waals surface area contributed by atoms with Gasteiger partial charge in [-0.25, -0.2) is 0 Å². The van der Waals surface area contributed by atoms with Crippen molar-refractivity contribution in [1.29, 1.82) is 0 Å². The van der Waals surface area contributed by atoms with Gasteiger partial charge in [-0.3, -0.25) is 9.59 Å². The number of likely N-dealkylation sites (tertiary alicyclic amines) is 1. The molecule has 0 radical (unpaired) electrons.